The number of benzene rings is 1. The van der Waals surface area contributed by atoms with Crippen LogP contribution in [0.15, 0.2) is 105 Å². The molecular formula is C57H91ClMgO4. The van der Waals surface area contributed by atoms with E-state index in [0.29, 0.717) is 23.0 Å². The van der Waals surface area contributed by atoms with Crippen LogP contribution in [-0.2, 0) is 6.42 Å². The first kappa shape index (κ1) is 64.3. The fourth-order valence-corrected chi connectivity index (χ4v) is 6.90. The molecular weight excluding hydrogens is 808 g/mol. The van der Waals surface area contributed by atoms with E-state index in [1.54, 1.807) is 28.4 Å². The van der Waals surface area contributed by atoms with Crippen molar-refractivity contribution in [1.29, 1.82) is 0 Å². The number of rotatable bonds is 28. The van der Waals surface area contributed by atoms with Crippen LogP contribution in [0.25, 0.3) is 0 Å². The van der Waals surface area contributed by atoms with Gasteiger partial charge in [0.1, 0.15) is 0 Å². The molecule has 6 heteroatoms. The van der Waals surface area contributed by atoms with E-state index in [1.165, 1.54) is 88.7 Å². The van der Waals surface area contributed by atoms with Gasteiger partial charge in [0, 0.05) is 11.1 Å². The van der Waals surface area contributed by atoms with Gasteiger partial charge in [0.05, 0.1) is 28.4 Å². The third-order valence-electron chi connectivity index (χ3n) is 11.3. The molecule has 0 radical (unpaired) electrons. The molecule has 0 saturated heterocycles. The van der Waals surface area contributed by atoms with E-state index in [0.717, 1.165) is 75.3 Å². The maximum atomic E-state index is 5.74. The quantitative estimate of drug-likeness (QED) is 0.0477. The number of halogens is 1. The molecule has 0 amide bonds. The van der Waals surface area contributed by atoms with Crippen LogP contribution < -0.4 is 31.4 Å². The van der Waals surface area contributed by atoms with Gasteiger partial charge in [-0.1, -0.05) is 107 Å². The fourth-order valence-electron chi connectivity index (χ4n) is 6.90. The summed E-state index contributed by atoms with van der Waals surface area (Å²) < 4.78 is 22.6. The Morgan fingerprint density at radius 2 is 0.698 bits per heavy atom. The number of allylic oxidation sites excluding steroid dienone is 18. The van der Waals surface area contributed by atoms with Gasteiger partial charge in [0.15, 0.2) is 11.5 Å². The Balaban J connectivity index is -0.00000138. The van der Waals surface area contributed by atoms with Gasteiger partial charge in [-0.2, -0.15) is 0 Å². The van der Waals surface area contributed by atoms with Crippen LogP contribution in [-0.4, -0.2) is 51.5 Å². The zero-order valence-electron chi connectivity index (χ0n) is 43.4. The molecule has 63 heavy (non-hydrogen) atoms. The molecule has 0 N–H and O–H groups in total. The van der Waals surface area contributed by atoms with Crippen molar-refractivity contribution in [3.8, 4) is 23.0 Å². The molecule has 0 heterocycles. The summed E-state index contributed by atoms with van der Waals surface area (Å²) in [5, 5.41) is 0. The zero-order valence-corrected chi connectivity index (χ0v) is 45.6. The first-order valence-electron chi connectivity index (χ1n) is 23.1. The molecule has 0 aromatic heterocycles. The summed E-state index contributed by atoms with van der Waals surface area (Å²) in [6.07, 6.45) is 38.9. The monoisotopic (exact) mass is 899 g/mol. The zero-order chi connectivity index (χ0) is 46.2. The van der Waals surface area contributed by atoms with Crippen molar-refractivity contribution < 1.29 is 31.4 Å². The van der Waals surface area contributed by atoms with E-state index in [4.69, 9.17) is 18.9 Å². The van der Waals surface area contributed by atoms with E-state index in [1.807, 2.05) is 13.0 Å². The minimum absolute atomic E-state index is 0. The maximum Gasteiger partial charge on any atom is 2.00 e. The first-order valence-corrected chi connectivity index (χ1v) is 23.1. The predicted molar refractivity (Wildman–Crippen MR) is 277 cm³/mol. The summed E-state index contributed by atoms with van der Waals surface area (Å²) in [6.45, 7) is 30.3. The first-order chi connectivity index (χ1) is 29.1. The van der Waals surface area contributed by atoms with Crippen molar-refractivity contribution in [2.45, 2.75) is 186 Å². The minimum Gasteiger partial charge on any atom is -1.00 e. The summed E-state index contributed by atoms with van der Waals surface area (Å²) in [6, 6.07) is 0. The van der Waals surface area contributed by atoms with Crippen LogP contribution in [0.4, 0.5) is 0 Å². The second-order valence-corrected chi connectivity index (χ2v) is 17.3. The van der Waals surface area contributed by atoms with Crippen LogP contribution in [0, 0.1) is 13.8 Å². The largest absolute Gasteiger partial charge is 2.00 e. The summed E-state index contributed by atoms with van der Waals surface area (Å²) >= 11 is 0. The van der Waals surface area contributed by atoms with Gasteiger partial charge < -0.3 is 31.4 Å². The van der Waals surface area contributed by atoms with Crippen LogP contribution >= 0.6 is 0 Å². The Labute approximate surface area is 412 Å². The molecule has 0 spiro atoms. The van der Waals surface area contributed by atoms with E-state index >= 15 is 0 Å². The molecule has 0 unspecified atom stereocenters. The smallest absolute Gasteiger partial charge is 1.00 e. The van der Waals surface area contributed by atoms with Crippen molar-refractivity contribution in [3.63, 3.8) is 0 Å². The number of hydrogen-bond acceptors (Lipinski definition) is 4. The van der Waals surface area contributed by atoms with E-state index in [-0.39, 0.29) is 35.5 Å². The van der Waals surface area contributed by atoms with Crippen molar-refractivity contribution in [2.24, 2.45) is 0 Å². The Bertz CT molecular complexity index is 1710. The Kier molecular flexibility index (Phi) is 40.2. The summed E-state index contributed by atoms with van der Waals surface area (Å²) in [4.78, 5) is 0. The molecule has 0 saturated carbocycles. The SMILES string of the molecule is CC/C(C)=C/CC/C(C)=C/CC/C(C)=C/CC/C(C)=C/CC/C(C)=C/Cc1c(C)c(OC)c(OC)c(OC)c1OC.[CH2-]/C=C(\C)CC/C=C(\C)CC/C=C(\C)CCC=C(C)C.[Cl-].[Mg+2]. The molecule has 0 aliphatic rings. The standard InChI is InChI=1S/C37H58O4.C20H33.ClH.Mg/c1-12-27(2)17-13-18-28(3)19-14-20-29(4)21-15-22-30(5)23-16-24-31(6)25-26-33-32(7)34(38-8)36(40-10)37(41-11)35(33)39-9;1-7-18(4)12-9-14-20(6)16-10-15-19(5)13-8-11-17(2)3;;/h17,19,21,23,25H,12-16,18,20,22,24,26H2,1-11H3;7,11,14-15H,1,8-10,12-13,16H2,2-6H3;1H;/q;-1;;+2/p-1/b27-17+,28-19+,29-21+,30-23+,31-25+;18-7+,19-15+,20-14+;;. The molecule has 0 aliphatic heterocycles. The Morgan fingerprint density at radius 3 is 1.00 bits per heavy atom. The number of methoxy groups -OCH3 is 4. The van der Waals surface area contributed by atoms with Gasteiger partial charge in [0.2, 0.25) is 11.5 Å². The Morgan fingerprint density at radius 1 is 0.413 bits per heavy atom. The average molecular weight is 900 g/mol. The van der Waals surface area contributed by atoms with Crippen molar-refractivity contribution in [1.82, 2.24) is 0 Å². The second-order valence-electron chi connectivity index (χ2n) is 17.3. The molecule has 0 aliphatic carbocycles. The molecule has 0 fully saturated rings. The van der Waals surface area contributed by atoms with Gasteiger partial charge in [-0.3, -0.25) is 0 Å². The van der Waals surface area contributed by atoms with Crippen molar-refractivity contribution in [2.75, 3.05) is 28.4 Å². The van der Waals surface area contributed by atoms with Crippen molar-refractivity contribution >= 4 is 23.1 Å². The van der Waals surface area contributed by atoms with Crippen molar-refractivity contribution in [3.05, 3.63) is 123 Å². The third kappa shape index (κ3) is 30.0. The molecule has 1 aromatic rings. The second kappa shape index (κ2) is 39.4. The summed E-state index contributed by atoms with van der Waals surface area (Å²) in [5.74, 6) is 2.52. The minimum atomic E-state index is 0. The van der Waals surface area contributed by atoms with E-state index in [9.17, 15) is 0 Å². The normalized spacial score (nSPS) is 13.1. The Hall–Kier alpha value is -2.99. The van der Waals surface area contributed by atoms with Crippen LogP contribution in [0.5, 0.6) is 23.0 Å². The topological polar surface area (TPSA) is 36.9 Å². The summed E-state index contributed by atoms with van der Waals surface area (Å²) in [7, 11) is 6.56. The molecule has 0 bridgehead atoms. The van der Waals surface area contributed by atoms with Crippen LogP contribution in [0.2, 0.25) is 0 Å². The number of ether oxygens (including phenoxy) is 4. The van der Waals surface area contributed by atoms with Gasteiger partial charge in [-0.25, -0.2) is 18.6 Å². The molecule has 352 valence electrons. The van der Waals surface area contributed by atoms with Gasteiger partial charge in [-0.05, 0) is 166 Å². The van der Waals surface area contributed by atoms with Gasteiger partial charge in [-0.15, -0.1) is 6.92 Å². The third-order valence-corrected chi connectivity index (χ3v) is 11.3. The predicted octanol–water partition coefficient (Wildman–Crippen LogP) is 14.4. The molecule has 1 aromatic carbocycles. The molecule has 1 rings (SSSR count). The fraction of sp³-hybridized carbons (Fsp3) is 0.561. The van der Waals surface area contributed by atoms with Crippen LogP contribution in [0.3, 0.4) is 0 Å². The van der Waals surface area contributed by atoms with Gasteiger partial charge >= 0.3 is 23.1 Å². The maximum absolute atomic E-state index is 5.74. The molecule has 4 nitrogen and oxygen atoms in total. The number of hydrogen-bond donors (Lipinski definition) is 0. The van der Waals surface area contributed by atoms with Gasteiger partial charge in [0.25, 0.3) is 0 Å². The van der Waals surface area contributed by atoms with E-state index in [2.05, 4.69) is 132 Å². The van der Waals surface area contributed by atoms with E-state index < -0.39 is 0 Å². The average Bonchev–Trinajstić information content (AvgIpc) is 3.22. The summed E-state index contributed by atoms with van der Waals surface area (Å²) in [5.41, 5.74) is 15.2. The van der Waals surface area contributed by atoms with Crippen LogP contribution in [0.1, 0.15) is 184 Å². The molecule has 0 atom stereocenters.